The molecule has 0 aliphatic carbocycles. The Kier molecular flexibility index (Phi) is 7.25. The maximum Gasteiger partial charge on any atom is 0.253 e. The molecule has 0 fully saturated rings. The van der Waals surface area contributed by atoms with Crippen molar-refractivity contribution < 1.29 is 18.8 Å². The number of hydrogen-bond donors (Lipinski definition) is 1. The topological polar surface area (TPSA) is 46.7 Å². The van der Waals surface area contributed by atoms with E-state index in [1.165, 1.54) is 17.5 Å². The maximum atomic E-state index is 9.02. The van der Waals surface area contributed by atoms with Gasteiger partial charge in [0.1, 0.15) is 37.2 Å². The Hall–Kier alpha value is -2.41. The van der Waals surface area contributed by atoms with Crippen LogP contribution in [0, 0.1) is 20.8 Å². The van der Waals surface area contributed by atoms with Crippen LogP contribution in [0.15, 0.2) is 37.2 Å². The molecule has 0 spiro atoms. The molecule has 0 saturated carbocycles. The molecule has 0 aliphatic heterocycles. The summed E-state index contributed by atoms with van der Waals surface area (Å²) in [4.78, 5) is 0. The first-order valence-corrected chi connectivity index (χ1v) is 10.7. The molecule has 7 heteroatoms. The Morgan fingerprint density at radius 2 is 1.14 bits per heavy atom. The van der Waals surface area contributed by atoms with Crippen LogP contribution in [0.5, 0.6) is 0 Å². The molecule has 0 bridgehead atoms. The van der Waals surface area contributed by atoms with Crippen LogP contribution < -0.4 is 13.7 Å². The Balaban J connectivity index is 1.47. The Morgan fingerprint density at radius 3 is 1.59 bits per heavy atom. The van der Waals surface area contributed by atoms with Gasteiger partial charge in [-0.25, -0.2) is 27.4 Å². The molecule has 3 aromatic rings. The predicted molar refractivity (Wildman–Crippen MR) is 110 cm³/mol. The summed E-state index contributed by atoms with van der Waals surface area (Å²) >= 11 is 0. The van der Waals surface area contributed by atoms with E-state index in [4.69, 9.17) is 5.11 Å². The number of imidazole rings is 3. The van der Waals surface area contributed by atoms with E-state index in [1.807, 2.05) is 0 Å². The summed E-state index contributed by atoms with van der Waals surface area (Å²) in [6.45, 7) is 11.8. The summed E-state index contributed by atoms with van der Waals surface area (Å²) < 4.78 is 13.7. The highest BCUT2D eigenvalue weighted by Gasteiger charge is 2.15. The molecule has 0 saturated heterocycles. The van der Waals surface area contributed by atoms with Crippen molar-refractivity contribution in [3.05, 3.63) is 54.7 Å². The van der Waals surface area contributed by atoms with Crippen LogP contribution in [0.2, 0.25) is 0 Å². The maximum absolute atomic E-state index is 9.02. The third-order valence-corrected chi connectivity index (χ3v) is 6.07. The summed E-state index contributed by atoms with van der Waals surface area (Å²) in [6.07, 6.45) is 16.0. The van der Waals surface area contributed by atoms with Crippen molar-refractivity contribution in [2.45, 2.75) is 72.8 Å². The fourth-order valence-electron chi connectivity index (χ4n) is 3.93. The molecule has 0 unspecified atom stereocenters. The minimum atomic E-state index is 0.244. The van der Waals surface area contributed by atoms with Gasteiger partial charge in [0, 0.05) is 46.6 Å². The van der Waals surface area contributed by atoms with Gasteiger partial charge in [-0.1, -0.05) is 0 Å². The second kappa shape index (κ2) is 9.87. The van der Waals surface area contributed by atoms with Crippen LogP contribution in [0.4, 0.5) is 0 Å². The van der Waals surface area contributed by atoms with E-state index in [2.05, 4.69) is 92.4 Å². The van der Waals surface area contributed by atoms with Crippen LogP contribution in [-0.4, -0.2) is 25.4 Å². The lowest BCUT2D eigenvalue weighted by Gasteiger charge is -2.03. The van der Waals surface area contributed by atoms with Crippen LogP contribution in [0.25, 0.3) is 0 Å². The quantitative estimate of drug-likeness (QED) is 0.479. The number of aliphatic hydroxyl groups excluding tert-OH is 1. The molecule has 3 heterocycles. The van der Waals surface area contributed by atoms with E-state index in [9.17, 15) is 0 Å². The predicted octanol–water partition coefficient (Wildman–Crippen LogP) is 0.979. The molecule has 7 nitrogen and oxygen atoms in total. The minimum absolute atomic E-state index is 0.244. The normalized spacial score (nSPS) is 11.5. The van der Waals surface area contributed by atoms with E-state index in [1.54, 1.807) is 0 Å². The SMILES string of the molecule is Cc1n(CCC[n+]2ccn(CCC[n+]3ccn(CCCO)c3C)c2C)cc[n+]1C. The number of aliphatic hydroxyl groups is 1. The van der Waals surface area contributed by atoms with E-state index in [0.717, 1.165) is 52.0 Å². The number of rotatable bonds is 11. The largest absolute Gasteiger partial charge is 0.396 e. The van der Waals surface area contributed by atoms with Gasteiger partial charge in [0.05, 0.1) is 39.8 Å². The van der Waals surface area contributed by atoms with Crippen molar-refractivity contribution in [3.8, 4) is 0 Å². The molecule has 0 atom stereocenters. The van der Waals surface area contributed by atoms with Crippen molar-refractivity contribution in [2.24, 2.45) is 7.05 Å². The molecule has 1 N–H and O–H groups in total. The van der Waals surface area contributed by atoms with Crippen molar-refractivity contribution in [1.82, 2.24) is 13.7 Å². The highest BCUT2D eigenvalue weighted by molar-refractivity contribution is 4.81. The van der Waals surface area contributed by atoms with E-state index in [0.29, 0.717) is 0 Å². The standard InChI is InChI=1S/C22H37N6O/c1-20-23(4)13-14-24(20)8-5-9-25-15-16-26(21(25)2)10-6-11-27-17-18-28(22(27)3)12-7-19-29/h13-18,29H,5-12,19H2,1-4H3/q+3. The van der Waals surface area contributed by atoms with Crippen LogP contribution in [-0.2, 0) is 39.8 Å². The molecule has 158 valence electrons. The van der Waals surface area contributed by atoms with Gasteiger partial charge in [-0.05, 0) is 0 Å². The van der Waals surface area contributed by atoms with Crippen molar-refractivity contribution in [1.29, 1.82) is 0 Å². The Morgan fingerprint density at radius 1 is 0.690 bits per heavy atom. The molecular formula is C22H37N6O+3. The summed E-state index contributed by atoms with van der Waals surface area (Å²) in [6, 6.07) is 0. The van der Waals surface area contributed by atoms with Crippen LogP contribution in [0.1, 0.15) is 36.7 Å². The van der Waals surface area contributed by atoms with Gasteiger partial charge >= 0.3 is 0 Å². The fourth-order valence-corrected chi connectivity index (χ4v) is 3.93. The van der Waals surface area contributed by atoms with Gasteiger partial charge < -0.3 is 5.11 Å². The third-order valence-electron chi connectivity index (χ3n) is 6.07. The number of aromatic nitrogens is 6. The number of aryl methyl sites for hydroxylation is 6. The first-order valence-electron chi connectivity index (χ1n) is 10.7. The van der Waals surface area contributed by atoms with Gasteiger partial charge in [-0.2, -0.15) is 0 Å². The lowest BCUT2D eigenvalue weighted by Crippen LogP contribution is -2.37. The molecule has 29 heavy (non-hydrogen) atoms. The van der Waals surface area contributed by atoms with E-state index in [-0.39, 0.29) is 6.61 Å². The third kappa shape index (κ3) is 5.15. The summed E-state index contributed by atoms with van der Waals surface area (Å²) in [5, 5.41) is 9.02. The number of hydrogen-bond acceptors (Lipinski definition) is 1. The zero-order valence-corrected chi connectivity index (χ0v) is 18.5. The minimum Gasteiger partial charge on any atom is -0.396 e. The molecule has 0 radical (unpaired) electrons. The summed E-state index contributed by atoms with van der Waals surface area (Å²) in [7, 11) is 2.09. The first-order chi connectivity index (χ1) is 14.0. The van der Waals surface area contributed by atoms with Crippen molar-refractivity contribution in [3.63, 3.8) is 0 Å². The molecule has 0 aliphatic rings. The van der Waals surface area contributed by atoms with Crippen LogP contribution >= 0.6 is 0 Å². The fraction of sp³-hybridized carbons (Fsp3) is 0.591. The zero-order valence-electron chi connectivity index (χ0n) is 18.5. The second-order valence-electron chi connectivity index (χ2n) is 7.90. The average Bonchev–Trinajstić information content (AvgIpc) is 3.35. The Labute approximate surface area is 174 Å². The zero-order chi connectivity index (χ0) is 20.8. The Bertz CT molecular complexity index is 920. The van der Waals surface area contributed by atoms with Gasteiger partial charge in [0.25, 0.3) is 17.5 Å². The van der Waals surface area contributed by atoms with Gasteiger partial charge in [-0.15, -0.1) is 0 Å². The van der Waals surface area contributed by atoms with Gasteiger partial charge in [0.2, 0.25) is 0 Å². The van der Waals surface area contributed by atoms with Crippen molar-refractivity contribution >= 4 is 0 Å². The second-order valence-corrected chi connectivity index (χ2v) is 7.90. The number of nitrogens with zero attached hydrogens (tertiary/aromatic N) is 6. The van der Waals surface area contributed by atoms with E-state index >= 15 is 0 Å². The summed E-state index contributed by atoms with van der Waals surface area (Å²) in [5.41, 5.74) is 0. The molecule has 3 aromatic heterocycles. The first kappa shape index (κ1) is 21.3. The molecule has 3 rings (SSSR count). The van der Waals surface area contributed by atoms with Crippen molar-refractivity contribution in [2.75, 3.05) is 6.61 Å². The highest BCUT2D eigenvalue weighted by Crippen LogP contribution is 2.01. The molecule has 0 amide bonds. The smallest absolute Gasteiger partial charge is 0.253 e. The lowest BCUT2D eigenvalue weighted by atomic mass is 10.4. The van der Waals surface area contributed by atoms with Crippen LogP contribution in [0.3, 0.4) is 0 Å². The average molecular weight is 402 g/mol. The summed E-state index contributed by atoms with van der Waals surface area (Å²) in [5.74, 6) is 3.87. The lowest BCUT2D eigenvalue weighted by molar-refractivity contribution is -0.704. The molecular weight excluding hydrogens is 364 g/mol. The van der Waals surface area contributed by atoms with Gasteiger partial charge in [-0.3, -0.25) is 0 Å². The molecule has 0 aromatic carbocycles. The monoisotopic (exact) mass is 401 g/mol. The van der Waals surface area contributed by atoms with Gasteiger partial charge in [0.15, 0.2) is 0 Å². The highest BCUT2D eigenvalue weighted by atomic mass is 16.3. The van der Waals surface area contributed by atoms with E-state index < -0.39 is 0 Å².